The lowest BCUT2D eigenvalue weighted by Crippen LogP contribution is -2.49. The first kappa shape index (κ1) is 17.3. The highest BCUT2D eigenvalue weighted by molar-refractivity contribution is 5.93. The average Bonchev–Trinajstić information content (AvgIpc) is 2.47. The molecule has 5 nitrogen and oxygen atoms in total. The second-order valence-corrected chi connectivity index (χ2v) is 6.51. The fourth-order valence-electron chi connectivity index (χ4n) is 3.28. The lowest BCUT2D eigenvalue weighted by Gasteiger charge is -2.39. The van der Waals surface area contributed by atoms with Gasteiger partial charge in [0.05, 0.1) is 17.9 Å². The van der Waals surface area contributed by atoms with Crippen molar-refractivity contribution in [1.82, 2.24) is 4.90 Å². The summed E-state index contributed by atoms with van der Waals surface area (Å²) in [5.74, 6) is -0.0125. The van der Waals surface area contributed by atoms with Gasteiger partial charge in [-0.2, -0.15) is 0 Å². The highest BCUT2D eigenvalue weighted by Gasteiger charge is 2.28. The summed E-state index contributed by atoms with van der Waals surface area (Å²) in [6, 6.07) is 6.32. The van der Waals surface area contributed by atoms with Gasteiger partial charge in [-0.05, 0) is 57.7 Å². The smallest absolute Gasteiger partial charge is 0.242 e. The highest BCUT2D eigenvalue weighted by Crippen LogP contribution is 2.25. The number of carbonyl (C=O) groups excluding carboxylic acids is 2. The van der Waals surface area contributed by atoms with E-state index >= 15 is 0 Å². The number of hydrogen-bond donors (Lipinski definition) is 2. The number of amides is 2. The fourth-order valence-corrected chi connectivity index (χ4v) is 3.28. The molecule has 1 aromatic carbocycles. The normalized spacial score (nSPS) is 21.0. The summed E-state index contributed by atoms with van der Waals surface area (Å²) < 4.78 is 0. The van der Waals surface area contributed by atoms with Crippen LogP contribution in [-0.2, 0) is 9.59 Å². The van der Waals surface area contributed by atoms with Crippen LogP contribution in [0.4, 0.5) is 11.4 Å². The predicted molar refractivity (Wildman–Crippen MR) is 93.6 cm³/mol. The van der Waals surface area contributed by atoms with Crippen molar-refractivity contribution in [3.05, 3.63) is 23.8 Å². The molecule has 2 amide bonds. The zero-order chi connectivity index (χ0) is 17.0. The van der Waals surface area contributed by atoms with Crippen LogP contribution in [0.25, 0.3) is 0 Å². The lowest BCUT2D eigenvalue weighted by atomic mass is 9.97. The van der Waals surface area contributed by atoms with E-state index in [2.05, 4.69) is 24.5 Å². The molecule has 126 valence electrons. The zero-order valence-corrected chi connectivity index (χ0v) is 14.5. The van der Waals surface area contributed by atoms with E-state index in [1.54, 1.807) is 0 Å². The van der Waals surface area contributed by atoms with E-state index < -0.39 is 0 Å². The second kappa shape index (κ2) is 7.49. The van der Waals surface area contributed by atoms with Crippen molar-refractivity contribution in [2.75, 3.05) is 17.2 Å². The zero-order valence-electron chi connectivity index (χ0n) is 14.5. The molecule has 1 fully saturated rings. The summed E-state index contributed by atoms with van der Waals surface area (Å²) in [5, 5.41) is 5.99. The standard InChI is InChI=1S/C18H27N3O2/c1-12-8-9-16(20-15(4)22)17(10-12)19-11-18(23)21-13(2)6-5-7-14(21)3/h8-10,13-14,19H,5-7,11H2,1-4H3,(H,20,22)/t13-,14+. The highest BCUT2D eigenvalue weighted by atomic mass is 16.2. The average molecular weight is 317 g/mol. The Morgan fingerprint density at radius 2 is 1.83 bits per heavy atom. The van der Waals surface area contributed by atoms with Gasteiger partial charge in [0.15, 0.2) is 0 Å². The largest absolute Gasteiger partial charge is 0.374 e. The molecule has 1 aliphatic rings. The van der Waals surface area contributed by atoms with E-state index in [1.807, 2.05) is 30.0 Å². The number of rotatable bonds is 4. The number of nitrogens with zero attached hydrogens (tertiary/aromatic N) is 1. The molecular weight excluding hydrogens is 290 g/mol. The monoisotopic (exact) mass is 317 g/mol. The van der Waals surface area contributed by atoms with Crippen molar-refractivity contribution in [2.24, 2.45) is 0 Å². The topological polar surface area (TPSA) is 61.4 Å². The molecule has 0 aliphatic carbocycles. The van der Waals surface area contributed by atoms with Gasteiger partial charge in [-0.1, -0.05) is 6.07 Å². The Balaban J connectivity index is 2.06. The molecule has 2 rings (SSSR count). The van der Waals surface area contributed by atoms with Crippen molar-refractivity contribution in [3.63, 3.8) is 0 Å². The quantitative estimate of drug-likeness (QED) is 0.897. The van der Waals surface area contributed by atoms with Crippen LogP contribution in [0.15, 0.2) is 18.2 Å². The van der Waals surface area contributed by atoms with Crippen molar-refractivity contribution in [2.45, 2.75) is 59.0 Å². The summed E-state index contributed by atoms with van der Waals surface area (Å²) in [6.45, 7) is 7.93. The number of piperidine rings is 1. The maximum Gasteiger partial charge on any atom is 0.242 e. The molecular formula is C18H27N3O2. The summed E-state index contributed by atoms with van der Waals surface area (Å²) in [5.41, 5.74) is 2.57. The molecule has 2 N–H and O–H groups in total. The third-order valence-corrected chi connectivity index (χ3v) is 4.40. The van der Waals surface area contributed by atoms with Gasteiger partial charge in [-0.15, -0.1) is 0 Å². The first-order valence-electron chi connectivity index (χ1n) is 8.31. The first-order chi connectivity index (χ1) is 10.9. The van der Waals surface area contributed by atoms with Crippen LogP contribution in [0.1, 0.15) is 45.6 Å². The number of benzene rings is 1. The van der Waals surface area contributed by atoms with Gasteiger partial charge in [0.1, 0.15) is 0 Å². The van der Waals surface area contributed by atoms with E-state index in [1.165, 1.54) is 13.3 Å². The van der Waals surface area contributed by atoms with Gasteiger partial charge in [0, 0.05) is 19.0 Å². The van der Waals surface area contributed by atoms with Crippen LogP contribution in [0.5, 0.6) is 0 Å². The van der Waals surface area contributed by atoms with Gasteiger partial charge in [-0.25, -0.2) is 0 Å². The summed E-state index contributed by atoms with van der Waals surface area (Å²) in [6.07, 6.45) is 3.32. The number of likely N-dealkylation sites (tertiary alicyclic amines) is 1. The third-order valence-electron chi connectivity index (χ3n) is 4.40. The molecule has 0 radical (unpaired) electrons. The Morgan fingerprint density at radius 3 is 2.43 bits per heavy atom. The Kier molecular flexibility index (Phi) is 5.64. The lowest BCUT2D eigenvalue weighted by molar-refractivity contribution is -0.135. The van der Waals surface area contributed by atoms with Crippen molar-refractivity contribution < 1.29 is 9.59 Å². The molecule has 0 spiro atoms. The maximum atomic E-state index is 12.6. The molecule has 0 bridgehead atoms. The Bertz CT molecular complexity index is 576. The molecule has 23 heavy (non-hydrogen) atoms. The van der Waals surface area contributed by atoms with Gasteiger partial charge < -0.3 is 15.5 Å². The van der Waals surface area contributed by atoms with Gasteiger partial charge in [-0.3, -0.25) is 9.59 Å². The molecule has 1 saturated heterocycles. The summed E-state index contributed by atoms with van der Waals surface area (Å²) in [4.78, 5) is 25.9. The predicted octanol–water partition coefficient (Wildman–Crippen LogP) is 3.15. The van der Waals surface area contributed by atoms with Crippen molar-refractivity contribution in [1.29, 1.82) is 0 Å². The van der Waals surface area contributed by atoms with E-state index in [0.717, 1.165) is 24.1 Å². The summed E-state index contributed by atoms with van der Waals surface area (Å²) in [7, 11) is 0. The van der Waals surface area contributed by atoms with Crippen LogP contribution in [0.2, 0.25) is 0 Å². The van der Waals surface area contributed by atoms with Crippen LogP contribution < -0.4 is 10.6 Å². The van der Waals surface area contributed by atoms with Gasteiger partial charge in [0.25, 0.3) is 0 Å². The van der Waals surface area contributed by atoms with Crippen molar-refractivity contribution >= 4 is 23.2 Å². The Morgan fingerprint density at radius 1 is 1.17 bits per heavy atom. The molecule has 0 unspecified atom stereocenters. The third kappa shape index (κ3) is 4.47. The number of anilines is 2. The van der Waals surface area contributed by atoms with E-state index in [4.69, 9.17) is 0 Å². The molecule has 0 saturated carbocycles. The van der Waals surface area contributed by atoms with Gasteiger partial charge in [0.2, 0.25) is 11.8 Å². The SMILES string of the molecule is CC(=O)Nc1ccc(C)cc1NCC(=O)N1[C@H](C)CCC[C@@H]1C. The number of hydrogen-bond acceptors (Lipinski definition) is 3. The van der Waals surface area contributed by atoms with Crippen LogP contribution >= 0.6 is 0 Å². The Labute approximate surface area is 138 Å². The van der Waals surface area contributed by atoms with E-state index in [0.29, 0.717) is 17.8 Å². The maximum absolute atomic E-state index is 12.6. The molecule has 1 aromatic rings. The van der Waals surface area contributed by atoms with Crippen LogP contribution in [0, 0.1) is 6.92 Å². The molecule has 1 heterocycles. The number of nitrogens with one attached hydrogen (secondary N) is 2. The molecule has 5 heteroatoms. The van der Waals surface area contributed by atoms with Crippen LogP contribution in [0.3, 0.4) is 0 Å². The number of carbonyl (C=O) groups is 2. The first-order valence-corrected chi connectivity index (χ1v) is 8.31. The number of aryl methyl sites for hydroxylation is 1. The fraction of sp³-hybridized carbons (Fsp3) is 0.556. The molecule has 0 aromatic heterocycles. The minimum Gasteiger partial charge on any atom is -0.374 e. The van der Waals surface area contributed by atoms with Gasteiger partial charge >= 0.3 is 0 Å². The van der Waals surface area contributed by atoms with E-state index in [9.17, 15) is 9.59 Å². The molecule has 1 aliphatic heterocycles. The van der Waals surface area contributed by atoms with E-state index in [-0.39, 0.29) is 18.4 Å². The van der Waals surface area contributed by atoms with Crippen LogP contribution in [-0.4, -0.2) is 35.3 Å². The minimum atomic E-state index is -0.124. The van der Waals surface area contributed by atoms with Crippen molar-refractivity contribution in [3.8, 4) is 0 Å². The Hall–Kier alpha value is -2.04. The summed E-state index contributed by atoms with van der Waals surface area (Å²) >= 11 is 0. The molecule has 2 atom stereocenters. The minimum absolute atomic E-state index is 0.111. The second-order valence-electron chi connectivity index (χ2n) is 6.51.